The van der Waals surface area contributed by atoms with Crippen LogP contribution < -0.4 is 11.2 Å². The Balaban J connectivity index is 0.00000127. The fourth-order valence-corrected chi connectivity index (χ4v) is 2.03. The van der Waals surface area contributed by atoms with Crippen molar-refractivity contribution in [3.05, 3.63) is 32.9 Å². The Morgan fingerprint density at radius 3 is 2.70 bits per heavy atom. The second kappa shape index (κ2) is 8.56. The molecule has 0 amide bonds. The molecular weight excluding hydrogens is 314 g/mol. The van der Waals surface area contributed by atoms with Crippen molar-refractivity contribution < 1.29 is 23.0 Å². The van der Waals surface area contributed by atoms with Gasteiger partial charge in [0.1, 0.15) is 12.8 Å². The van der Waals surface area contributed by atoms with Crippen LogP contribution in [0.15, 0.2) is 15.8 Å². The second-order valence-electron chi connectivity index (χ2n) is 5.22. The van der Waals surface area contributed by atoms with Crippen LogP contribution in [0.2, 0.25) is 0 Å². The maximum Gasteiger partial charge on any atom is 0.330 e. The number of esters is 1. The molecule has 23 heavy (non-hydrogen) atoms. The molecular formula is C14H20F2N2O5. The van der Waals surface area contributed by atoms with Gasteiger partial charge in [-0.25, -0.2) is 4.79 Å². The molecule has 0 bridgehead atoms. The maximum atomic E-state index is 13.2. The highest BCUT2D eigenvalue weighted by molar-refractivity contribution is 5.71. The number of nitrogens with one attached hydrogen (secondary N) is 1. The van der Waals surface area contributed by atoms with Gasteiger partial charge in [-0.1, -0.05) is 13.8 Å². The number of hydrogen-bond acceptors (Lipinski definition) is 5. The summed E-state index contributed by atoms with van der Waals surface area (Å²) in [5.41, 5.74) is -1.79. The zero-order valence-electron chi connectivity index (χ0n) is 13.2. The zero-order chi connectivity index (χ0) is 17.6. The zero-order valence-corrected chi connectivity index (χ0v) is 13.2. The maximum absolute atomic E-state index is 13.2. The van der Waals surface area contributed by atoms with Crippen molar-refractivity contribution in [1.82, 2.24) is 9.55 Å². The Morgan fingerprint density at radius 1 is 1.43 bits per heavy atom. The largest absolute Gasteiger partial charge is 0.463 e. The second-order valence-corrected chi connectivity index (χ2v) is 5.22. The molecule has 0 aromatic carbocycles. The van der Waals surface area contributed by atoms with Gasteiger partial charge in [-0.15, -0.1) is 0 Å². The number of rotatable bonds is 4. The van der Waals surface area contributed by atoms with Crippen molar-refractivity contribution in [2.45, 2.75) is 39.0 Å². The van der Waals surface area contributed by atoms with Crippen LogP contribution >= 0.6 is 0 Å². The van der Waals surface area contributed by atoms with Crippen LogP contribution in [-0.2, 0) is 14.3 Å². The third-order valence-corrected chi connectivity index (χ3v) is 3.20. The summed E-state index contributed by atoms with van der Waals surface area (Å²) in [6.45, 7) is 3.54. The first-order chi connectivity index (χ1) is 10.9. The molecule has 0 radical (unpaired) electrons. The van der Waals surface area contributed by atoms with E-state index in [0.29, 0.717) is 20.0 Å². The summed E-state index contributed by atoms with van der Waals surface area (Å²) >= 11 is 0. The third-order valence-electron chi connectivity index (χ3n) is 3.20. The molecule has 0 saturated carbocycles. The molecule has 0 aliphatic carbocycles. The highest BCUT2D eigenvalue weighted by atomic mass is 19.1. The molecule has 1 saturated heterocycles. The number of halogens is 2. The van der Waals surface area contributed by atoms with Crippen molar-refractivity contribution in [3.8, 4) is 0 Å². The summed E-state index contributed by atoms with van der Waals surface area (Å²) in [6.07, 6.45) is 0.846. The van der Waals surface area contributed by atoms with E-state index in [1.54, 1.807) is 13.8 Å². The molecule has 1 aromatic heterocycles. The average Bonchev–Trinajstić information content (AvgIpc) is 2.99. The van der Waals surface area contributed by atoms with Crippen LogP contribution in [0.1, 0.15) is 32.9 Å². The van der Waals surface area contributed by atoms with Crippen LogP contribution in [0.3, 0.4) is 0 Å². The lowest BCUT2D eigenvalue weighted by molar-refractivity contribution is -0.152. The number of carbonyl (C=O) groups excluding carboxylic acids is 1. The van der Waals surface area contributed by atoms with Gasteiger partial charge < -0.3 is 9.47 Å². The number of ether oxygens (including phenoxy) is 2. The minimum atomic E-state index is -1.06. The molecule has 1 fully saturated rings. The quantitative estimate of drug-likeness (QED) is 0.834. The average molecular weight is 334 g/mol. The van der Waals surface area contributed by atoms with E-state index in [9.17, 15) is 23.2 Å². The van der Waals surface area contributed by atoms with E-state index in [4.69, 9.17) is 9.47 Å². The lowest BCUT2D eigenvalue weighted by Gasteiger charge is -2.16. The minimum absolute atomic E-state index is 0.0914. The van der Waals surface area contributed by atoms with Crippen LogP contribution in [0.5, 0.6) is 0 Å². The number of H-pyrrole nitrogens is 1. The Hall–Kier alpha value is -2.03. The van der Waals surface area contributed by atoms with E-state index in [1.165, 1.54) is 0 Å². The predicted molar refractivity (Wildman–Crippen MR) is 77.3 cm³/mol. The lowest BCUT2D eigenvalue weighted by atomic mass is 10.2. The Morgan fingerprint density at radius 2 is 2.09 bits per heavy atom. The fraction of sp³-hybridized carbons (Fsp3) is 0.643. The summed E-state index contributed by atoms with van der Waals surface area (Å²) < 4.78 is 34.3. The van der Waals surface area contributed by atoms with Crippen LogP contribution in [0, 0.1) is 11.7 Å². The number of aromatic nitrogens is 2. The Bertz CT molecular complexity index is 641. The Labute approximate surface area is 131 Å². The van der Waals surface area contributed by atoms with Crippen molar-refractivity contribution in [2.24, 2.45) is 5.92 Å². The molecule has 2 heterocycles. The van der Waals surface area contributed by atoms with E-state index in [-0.39, 0.29) is 24.6 Å². The van der Waals surface area contributed by atoms with Crippen LogP contribution in [0.4, 0.5) is 8.78 Å². The smallest absolute Gasteiger partial charge is 0.330 e. The lowest BCUT2D eigenvalue weighted by Crippen LogP contribution is -2.34. The summed E-state index contributed by atoms with van der Waals surface area (Å²) in [5.74, 6) is -1.60. The SMILES string of the molecule is CC(C)C(=O)OCC1CCC(n2cc(F)c(=O)[nH]c2=O)O1.CF. The molecule has 2 rings (SSSR count). The van der Waals surface area contributed by atoms with Crippen molar-refractivity contribution in [1.29, 1.82) is 0 Å². The summed E-state index contributed by atoms with van der Waals surface area (Å²) in [7, 11) is 0.500. The third kappa shape index (κ3) is 4.98. The normalized spacial score (nSPS) is 20.1. The first-order valence-electron chi connectivity index (χ1n) is 7.09. The fourth-order valence-electron chi connectivity index (χ4n) is 2.03. The number of carbonyl (C=O) groups is 1. The monoisotopic (exact) mass is 334 g/mol. The first kappa shape index (κ1) is 19.0. The van der Waals surface area contributed by atoms with Crippen LogP contribution in [0.25, 0.3) is 0 Å². The number of aromatic amines is 1. The summed E-state index contributed by atoms with van der Waals surface area (Å²) in [4.78, 5) is 35.8. The molecule has 2 unspecified atom stereocenters. The van der Waals surface area contributed by atoms with Gasteiger partial charge in [0.25, 0.3) is 5.56 Å². The molecule has 130 valence electrons. The molecule has 1 aromatic rings. The molecule has 2 atom stereocenters. The number of hydrogen-bond donors (Lipinski definition) is 1. The van der Waals surface area contributed by atoms with Gasteiger partial charge in [0.2, 0.25) is 5.82 Å². The van der Waals surface area contributed by atoms with Crippen LogP contribution in [-0.4, -0.2) is 35.4 Å². The standard InChI is InChI=1S/C13H17FN2O5.CH3F/c1-7(2)12(18)20-6-8-3-4-10(21-8)16-5-9(14)11(17)15-13(16)19;1-2/h5,7-8,10H,3-4,6H2,1-2H3,(H,15,17,19);1H3. The summed E-state index contributed by atoms with van der Waals surface area (Å²) in [5, 5.41) is 0. The van der Waals surface area contributed by atoms with E-state index in [1.807, 2.05) is 4.98 Å². The van der Waals surface area contributed by atoms with E-state index in [0.717, 1.165) is 10.8 Å². The molecule has 1 aliphatic rings. The number of alkyl halides is 1. The van der Waals surface area contributed by atoms with Crippen molar-refractivity contribution >= 4 is 5.97 Å². The van der Waals surface area contributed by atoms with Gasteiger partial charge in [-0.2, -0.15) is 4.39 Å². The topological polar surface area (TPSA) is 90.4 Å². The van der Waals surface area contributed by atoms with Gasteiger partial charge in [0.05, 0.1) is 25.4 Å². The molecule has 1 N–H and O–H groups in total. The van der Waals surface area contributed by atoms with E-state index < -0.39 is 23.3 Å². The van der Waals surface area contributed by atoms with E-state index >= 15 is 0 Å². The van der Waals surface area contributed by atoms with Gasteiger partial charge in [-0.3, -0.25) is 23.5 Å². The minimum Gasteiger partial charge on any atom is -0.463 e. The predicted octanol–water partition coefficient (Wildman–Crippen LogP) is 1.14. The first-order valence-corrected chi connectivity index (χ1v) is 7.09. The van der Waals surface area contributed by atoms with Gasteiger partial charge >= 0.3 is 11.7 Å². The van der Waals surface area contributed by atoms with Crippen molar-refractivity contribution in [3.63, 3.8) is 0 Å². The molecule has 0 spiro atoms. The van der Waals surface area contributed by atoms with Gasteiger partial charge in [0.15, 0.2) is 0 Å². The highest BCUT2D eigenvalue weighted by Gasteiger charge is 2.29. The molecule has 7 nitrogen and oxygen atoms in total. The van der Waals surface area contributed by atoms with Crippen molar-refractivity contribution in [2.75, 3.05) is 13.8 Å². The summed E-state index contributed by atoms with van der Waals surface area (Å²) in [6, 6.07) is 0. The van der Waals surface area contributed by atoms with Gasteiger partial charge in [0, 0.05) is 0 Å². The molecule has 1 aliphatic heterocycles. The molecule has 9 heteroatoms. The highest BCUT2D eigenvalue weighted by Crippen LogP contribution is 2.27. The number of nitrogens with zero attached hydrogens (tertiary/aromatic N) is 1. The van der Waals surface area contributed by atoms with E-state index in [2.05, 4.69) is 0 Å². The van der Waals surface area contributed by atoms with Gasteiger partial charge in [-0.05, 0) is 12.8 Å². The Kier molecular flexibility index (Phi) is 7.08.